The lowest BCUT2D eigenvalue weighted by Gasteiger charge is -2.26. The zero-order valence-electron chi connectivity index (χ0n) is 21.0. The molecule has 7 heteroatoms. The maximum absolute atomic E-state index is 12.6. The Morgan fingerprint density at radius 2 is 1.49 bits per heavy atom. The highest BCUT2D eigenvalue weighted by Crippen LogP contribution is 2.44. The van der Waals surface area contributed by atoms with Gasteiger partial charge in [-0.2, -0.15) is 0 Å². The number of hydrogen-bond donors (Lipinski definition) is 3. The highest BCUT2D eigenvalue weighted by molar-refractivity contribution is 5.80. The zero-order valence-corrected chi connectivity index (χ0v) is 21.0. The molecule has 0 fully saturated rings. The van der Waals surface area contributed by atoms with Crippen LogP contribution in [0.1, 0.15) is 70.4 Å². The van der Waals surface area contributed by atoms with Crippen molar-refractivity contribution in [1.29, 1.82) is 0 Å². The third-order valence-electron chi connectivity index (χ3n) is 6.24. The molecule has 0 aromatic heterocycles. The van der Waals surface area contributed by atoms with Gasteiger partial charge in [-0.05, 0) is 40.5 Å². The third kappa shape index (κ3) is 7.31. The van der Waals surface area contributed by atoms with Crippen LogP contribution in [0.3, 0.4) is 0 Å². The minimum absolute atomic E-state index is 0.0364. The topological polar surface area (TPSA) is 105 Å². The van der Waals surface area contributed by atoms with Gasteiger partial charge in [0.1, 0.15) is 6.61 Å². The van der Waals surface area contributed by atoms with Crippen molar-refractivity contribution in [1.82, 2.24) is 10.6 Å². The molecule has 1 aliphatic rings. The molecule has 3 rings (SSSR count). The van der Waals surface area contributed by atoms with Crippen molar-refractivity contribution in [3.63, 3.8) is 0 Å². The predicted molar refractivity (Wildman–Crippen MR) is 135 cm³/mol. The number of fused-ring (bicyclic) bond motifs is 3. The average molecular weight is 481 g/mol. The Morgan fingerprint density at radius 3 is 2.00 bits per heavy atom. The summed E-state index contributed by atoms with van der Waals surface area (Å²) in [6.45, 7) is 8.09. The molecular formula is C28H36N2O5. The van der Waals surface area contributed by atoms with Crippen LogP contribution in [0.4, 0.5) is 4.79 Å². The summed E-state index contributed by atoms with van der Waals surface area (Å²) in [6.07, 6.45) is 0.436. The summed E-state index contributed by atoms with van der Waals surface area (Å²) >= 11 is 0. The Labute approximate surface area is 207 Å². The van der Waals surface area contributed by atoms with Gasteiger partial charge in [-0.25, -0.2) is 4.79 Å². The summed E-state index contributed by atoms with van der Waals surface area (Å²) < 4.78 is 5.59. The Hall–Kier alpha value is -3.35. The van der Waals surface area contributed by atoms with E-state index in [0.717, 1.165) is 22.3 Å². The van der Waals surface area contributed by atoms with Crippen LogP contribution in [0.15, 0.2) is 48.5 Å². The highest BCUT2D eigenvalue weighted by Gasteiger charge is 2.29. The minimum Gasteiger partial charge on any atom is -0.481 e. The summed E-state index contributed by atoms with van der Waals surface area (Å²) in [4.78, 5) is 36.4. The number of amides is 2. The normalized spacial score (nSPS) is 14.4. The fourth-order valence-corrected chi connectivity index (χ4v) is 4.74. The smallest absolute Gasteiger partial charge is 0.407 e. The van der Waals surface area contributed by atoms with Crippen LogP contribution >= 0.6 is 0 Å². The van der Waals surface area contributed by atoms with Gasteiger partial charge in [0.05, 0.1) is 6.42 Å². The lowest BCUT2D eigenvalue weighted by molar-refractivity contribution is -0.137. The molecule has 7 nitrogen and oxygen atoms in total. The van der Waals surface area contributed by atoms with E-state index in [1.165, 1.54) is 0 Å². The molecule has 3 N–H and O–H groups in total. The first-order valence-electron chi connectivity index (χ1n) is 12.2. The van der Waals surface area contributed by atoms with E-state index >= 15 is 0 Å². The number of carboxylic acids is 1. The number of benzene rings is 2. The molecule has 0 spiro atoms. The fourth-order valence-electron chi connectivity index (χ4n) is 4.74. The van der Waals surface area contributed by atoms with Crippen molar-refractivity contribution in [2.24, 2.45) is 5.41 Å². The van der Waals surface area contributed by atoms with Crippen LogP contribution in [0.5, 0.6) is 0 Å². The van der Waals surface area contributed by atoms with E-state index in [2.05, 4.69) is 34.9 Å². The van der Waals surface area contributed by atoms with Gasteiger partial charge in [0.15, 0.2) is 0 Å². The van der Waals surface area contributed by atoms with Crippen molar-refractivity contribution < 1.29 is 24.2 Å². The van der Waals surface area contributed by atoms with Gasteiger partial charge in [0.2, 0.25) is 5.91 Å². The first-order valence-corrected chi connectivity index (χ1v) is 12.2. The van der Waals surface area contributed by atoms with E-state index in [-0.39, 0.29) is 36.7 Å². The van der Waals surface area contributed by atoms with Gasteiger partial charge >= 0.3 is 12.1 Å². The molecule has 0 saturated carbocycles. The van der Waals surface area contributed by atoms with Crippen LogP contribution in [0.2, 0.25) is 0 Å². The first-order chi connectivity index (χ1) is 16.6. The van der Waals surface area contributed by atoms with E-state index < -0.39 is 24.1 Å². The van der Waals surface area contributed by atoms with Gasteiger partial charge in [-0.3, -0.25) is 9.59 Å². The van der Waals surface area contributed by atoms with Crippen molar-refractivity contribution in [3.05, 3.63) is 59.7 Å². The highest BCUT2D eigenvalue weighted by atomic mass is 16.5. The summed E-state index contributed by atoms with van der Waals surface area (Å²) in [5, 5.41) is 14.8. The van der Waals surface area contributed by atoms with Crippen molar-refractivity contribution in [2.75, 3.05) is 6.61 Å². The maximum atomic E-state index is 12.6. The van der Waals surface area contributed by atoms with E-state index in [1.807, 2.05) is 52.0 Å². The number of carboxylic acid groups (broad SMARTS) is 1. The lowest BCUT2D eigenvalue weighted by atomic mass is 9.87. The van der Waals surface area contributed by atoms with Crippen LogP contribution in [-0.2, 0) is 14.3 Å². The Kier molecular flexibility index (Phi) is 8.54. The van der Waals surface area contributed by atoms with E-state index in [0.29, 0.717) is 12.8 Å². The number of alkyl carbamates (subject to hydrolysis) is 1. The quantitative estimate of drug-likeness (QED) is 0.439. The molecule has 0 aliphatic heterocycles. The Bertz CT molecular complexity index is 1010. The molecule has 0 saturated heterocycles. The van der Waals surface area contributed by atoms with E-state index in [1.54, 1.807) is 0 Å². The molecule has 188 valence electrons. The lowest BCUT2D eigenvalue weighted by Crippen LogP contribution is -2.43. The van der Waals surface area contributed by atoms with E-state index in [9.17, 15) is 19.5 Å². The van der Waals surface area contributed by atoms with Crippen molar-refractivity contribution >= 4 is 18.0 Å². The number of carbonyl (C=O) groups excluding carboxylic acids is 2. The second-order valence-corrected chi connectivity index (χ2v) is 10.4. The second-order valence-electron chi connectivity index (χ2n) is 10.4. The Balaban J connectivity index is 1.55. The van der Waals surface area contributed by atoms with Gasteiger partial charge in [0.25, 0.3) is 0 Å². The van der Waals surface area contributed by atoms with Crippen molar-refractivity contribution in [2.45, 2.75) is 71.4 Å². The monoisotopic (exact) mass is 480 g/mol. The standard InChI is InChI=1S/C28H36N2O5/c1-5-18(14-25(31)29-19(15-26(32)33)16-28(2,3)4)30-27(34)35-17-24-22-12-8-6-10-20(22)21-11-7-9-13-23(21)24/h6-13,18-19,24H,5,14-17H2,1-4H3,(H,29,31)(H,30,34)(H,32,33). The molecule has 2 aromatic rings. The number of aliphatic carboxylic acids is 1. The molecule has 2 amide bonds. The molecule has 35 heavy (non-hydrogen) atoms. The van der Waals surface area contributed by atoms with Crippen LogP contribution in [0, 0.1) is 5.41 Å². The predicted octanol–water partition coefficient (Wildman–Crippen LogP) is 5.09. The largest absolute Gasteiger partial charge is 0.481 e. The number of ether oxygens (including phenoxy) is 1. The number of nitrogens with one attached hydrogen (secondary N) is 2. The average Bonchev–Trinajstić information content (AvgIpc) is 3.09. The number of hydrogen-bond acceptors (Lipinski definition) is 4. The van der Waals surface area contributed by atoms with Gasteiger partial charge in [-0.1, -0.05) is 76.2 Å². The van der Waals surface area contributed by atoms with Crippen molar-refractivity contribution in [3.8, 4) is 11.1 Å². The maximum Gasteiger partial charge on any atom is 0.407 e. The zero-order chi connectivity index (χ0) is 25.6. The van der Waals surface area contributed by atoms with E-state index in [4.69, 9.17) is 4.74 Å². The Morgan fingerprint density at radius 1 is 0.914 bits per heavy atom. The minimum atomic E-state index is -0.955. The second kappa shape index (κ2) is 11.4. The molecule has 1 aliphatic carbocycles. The van der Waals surface area contributed by atoms with Gasteiger partial charge in [-0.15, -0.1) is 0 Å². The first kappa shape index (κ1) is 26.3. The number of rotatable bonds is 10. The molecule has 2 atom stereocenters. The number of carbonyl (C=O) groups is 3. The molecule has 0 bridgehead atoms. The summed E-state index contributed by atoms with van der Waals surface area (Å²) in [5.41, 5.74) is 4.46. The molecule has 0 radical (unpaired) electrons. The SMILES string of the molecule is CCC(CC(=O)NC(CC(=O)O)CC(C)(C)C)NC(=O)OCC1c2ccccc2-c2ccccc21. The van der Waals surface area contributed by atoms with Crippen LogP contribution in [0.25, 0.3) is 11.1 Å². The molecule has 0 heterocycles. The summed E-state index contributed by atoms with van der Waals surface area (Å²) in [6, 6.07) is 15.4. The van der Waals surface area contributed by atoms with Gasteiger partial charge in [0, 0.05) is 24.4 Å². The fraction of sp³-hybridized carbons (Fsp3) is 0.464. The molecule has 2 aromatic carbocycles. The van der Waals surface area contributed by atoms with Gasteiger partial charge < -0.3 is 20.5 Å². The summed E-state index contributed by atoms with van der Waals surface area (Å²) in [5.74, 6) is -1.28. The molecular weight excluding hydrogens is 444 g/mol. The van der Waals surface area contributed by atoms with Crippen LogP contribution in [-0.4, -0.2) is 41.8 Å². The molecule has 2 unspecified atom stereocenters. The third-order valence-corrected chi connectivity index (χ3v) is 6.24. The summed E-state index contributed by atoms with van der Waals surface area (Å²) in [7, 11) is 0. The van der Waals surface area contributed by atoms with Crippen LogP contribution < -0.4 is 10.6 Å².